The molecule has 2 aromatic carbocycles. The van der Waals surface area contributed by atoms with E-state index in [0.29, 0.717) is 35.0 Å². The van der Waals surface area contributed by atoms with Crippen LogP contribution in [0.4, 0.5) is 18.3 Å². The molecule has 8 nitrogen and oxygen atoms in total. The molecule has 0 bridgehead atoms. The predicted octanol–water partition coefficient (Wildman–Crippen LogP) is 6.22. The van der Waals surface area contributed by atoms with Crippen LogP contribution in [0.3, 0.4) is 0 Å². The molecular weight excluding hydrogens is 557 g/mol. The number of carbonyl (C=O) groups excluding carboxylic acids is 2. The highest BCUT2D eigenvalue weighted by Gasteiger charge is 2.30. The molecule has 220 valence electrons. The molecule has 4 rings (SSSR count). The van der Waals surface area contributed by atoms with E-state index in [1.165, 1.54) is 12.1 Å². The summed E-state index contributed by atoms with van der Waals surface area (Å²) in [6.07, 6.45) is 1.13. The number of amides is 2. The van der Waals surface area contributed by atoms with Gasteiger partial charge in [-0.1, -0.05) is 48.8 Å². The lowest BCUT2D eigenvalue weighted by Gasteiger charge is -2.29. The summed E-state index contributed by atoms with van der Waals surface area (Å²) in [5, 5.41) is 11.3. The van der Waals surface area contributed by atoms with Crippen molar-refractivity contribution in [2.75, 3.05) is 32.6 Å². The van der Waals surface area contributed by atoms with Crippen molar-refractivity contribution in [2.24, 2.45) is 5.92 Å². The molecule has 0 aliphatic heterocycles. The van der Waals surface area contributed by atoms with E-state index < -0.39 is 11.7 Å². The molecule has 12 heteroatoms. The van der Waals surface area contributed by atoms with Crippen molar-refractivity contribution in [1.82, 2.24) is 15.1 Å². The molecule has 3 aromatic rings. The zero-order valence-electron chi connectivity index (χ0n) is 23.0. The lowest BCUT2D eigenvalue weighted by molar-refractivity contribution is -0.138. The quantitative estimate of drug-likeness (QED) is 0.285. The second-order valence-electron chi connectivity index (χ2n) is 9.89. The van der Waals surface area contributed by atoms with E-state index in [-0.39, 0.29) is 35.8 Å². The van der Waals surface area contributed by atoms with Crippen LogP contribution < -0.4 is 14.8 Å². The molecule has 1 aromatic heterocycles. The van der Waals surface area contributed by atoms with Crippen LogP contribution in [-0.4, -0.2) is 54.2 Å². The third kappa shape index (κ3) is 8.18. The van der Waals surface area contributed by atoms with Gasteiger partial charge in [0.25, 0.3) is 0 Å². The molecule has 1 aliphatic carbocycles. The monoisotopic (exact) mass is 590 g/mol. The summed E-state index contributed by atoms with van der Waals surface area (Å²) in [5.74, 6) is 0.946. The number of hydrogen-bond acceptors (Lipinski definition) is 7. The van der Waals surface area contributed by atoms with Gasteiger partial charge in [0, 0.05) is 31.0 Å². The molecule has 0 unspecified atom stereocenters. The highest BCUT2D eigenvalue weighted by molar-refractivity contribution is 7.18. The Labute approximate surface area is 240 Å². The van der Waals surface area contributed by atoms with Crippen LogP contribution in [0.25, 0.3) is 10.6 Å². The Morgan fingerprint density at radius 2 is 1.68 bits per heavy atom. The van der Waals surface area contributed by atoms with E-state index in [1.807, 2.05) is 18.2 Å². The summed E-state index contributed by atoms with van der Waals surface area (Å²) in [7, 11) is 3.15. The first-order valence-electron chi connectivity index (χ1n) is 13.5. The Kier molecular flexibility index (Phi) is 10.2. The normalized spacial score (nSPS) is 14.0. The third-order valence-corrected chi connectivity index (χ3v) is 8.01. The minimum absolute atomic E-state index is 0.0355. The fourth-order valence-electron chi connectivity index (χ4n) is 4.85. The Hall–Kier alpha value is -3.67. The number of rotatable bonds is 11. The molecule has 0 atom stereocenters. The molecule has 0 saturated heterocycles. The van der Waals surface area contributed by atoms with Crippen LogP contribution in [0.5, 0.6) is 11.5 Å². The number of ether oxygens (including phenoxy) is 2. The van der Waals surface area contributed by atoms with Gasteiger partial charge in [-0.25, -0.2) is 0 Å². The summed E-state index contributed by atoms with van der Waals surface area (Å²) in [4.78, 5) is 28.0. The van der Waals surface area contributed by atoms with Gasteiger partial charge in [0.1, 0.15) is 5.01 Å². The number of nitrogens with one attached hydrogen (secondary N) is 1. The van der Waals surface area contributed by atoms with Crippen molar-refractivity contribution in [3.05, 3.63) is 53.6 Å². The van der Waals surface area contributed by atoms with Crippen LogP contribution in [-0.2, 0) is 22.2 Å². The largest absolute Gasteiger partial charge is 0.493 e. The van der Waals surface area contributed by atoms with Gasteiger partial charge in [-0.15, -0.1) is 10.2 Å². The highest BCUT2D eigenvalue weighted by atomic mass is 32.1. The van der Waals surface area contributed by atoms with Crippen molar-refractivity contribution < 1.29 is 32.2 Å². The van der Waals surface area contributed by atoms with Crippen LogP contribution in [0.15, 0.2) is 42.5 Å². The average molecular weight is 591 g/mol. The maximum Gasteiger partial charge on any atom is 0.416 e. The minimum Gasteiger partial charge on any atom is -0.493 e. The molecule has 2 amide bonds. The molecule has 1 fully saturated rings. The number of nitrogens with zero attached hydrogens (tertiary/aromatic N) is 3. The standard InChI is InChI=1S/C29H33F3N4O4S/c1-39-23-13-8-19(18-24(23)40-2)14-16-36(27(38)21-6-4-3-5-7-21)17-15-25(37)33-28-35-34-26(41-28)20-9-11-22(12-10-20)29(30,31)32/h8-13,18,21H,3-7,14-17H2,1-2H3,(H,33,35,37). The van der Waals surface area contributed by atoms with Gasteiger partial charge in [0.15, 0.2) is 11.5 Å². The Bertz CT molecular complexity index is 1320. The highest BCUT2D eigenvalue weighted by Crippen LogP contribution is 2.33. The molecule has 1 N–H and O–H groups in total. The molecule has 1 heterocycles. The lowest BCUT2D eigenvalue weighted by Crippen LogP contribution is -2.40. The summed E-state index contributed by atoms with van der Waals surface area (Å²) < 4.78 is 49.2. The predicted molar refractivity (Wildman–Crippen MR) is 150 cm³/mol. The van der Waals surface area contributed by atoms with Gasteiger partial charge in [0.2, 0.25) is 16.9 Å². The SMILES string of the molecule is COc1ccc(CCN(CCC(=O)Nc2nnc(-c3ccc(C(F)(F)F)cc3)s2)C(=O)C2CCCCC2)cc1OC. The number of carbonyl (C=O) groups is 2. The van der Waals surface area contributed by atoms with E-state index in [4.69, 9.17) is 9.47 Å². The Morgan fingerprint density at radius 1 is 0.976 bits per heavy atom. The molecule has 41 heavy (non-hydrogen) atoms. The smallest absolute Gasteiger partial charge is 0.416 e. The summed E-state index contributed by atoms with van der Waals surface area (Å²) >= 11 is 1.07. The second-order valence-corrected chi connectivity index (χ2v) is 10.9. The molecule has 1 aliphatic rings. The van der Waals surface area contributed by atoms with E-state index in [0.717, 1.165) is 61.1 Å². The van der Waals surface area contributed by atoms with Crippen LogP contribution >= 0.6 is 11.3 Å². The van der Waals surface area contributed by atoms with Crippen LogP contribution in [0.2, 0.25) is 0 Å². The number of anilines is 1. The van der Waals surface area contributed by atoms with Crippen molar-refractivity contribution in [3.63, 3.8) is 0 Å². The third-order valence-electron chi connectivity index (χ3n) is 7.12. The molecule has 1 saturated carbocycles. The zero-order valence-corrected chi connectivity index (χ0v) is 23.8. The number of methoxy groups -OCH3 is 2. The van der Waals surface area contributed by atoms with Crippen molar-refractivity contribution in [3.8, 4) is 22.1 Å². The first kappa shape index (κ1) is 30.3. The number of hydrogen-bond donors (Lipinski definition) is 1. The number of benzene rings is 2. The second kappa shape index (κ2) is 13.8. The first-order valence-corrected chi connectivity index (χ1v) is 14.3. The number of alkyl halides is 3. The summed E-state index contributed by atoms with van der Waals surface area (Å²) in [6, 6.07) is 10.3. The molecule has 0 spiro atoms. The van der Waals surface area contributed by atoms with E-state index in [2.05, 4.69) is 15.5 Å². The van der Waals surface area contributed by atoms with Crippen molar-refractivity contribution in [2.45, 2.75) is 51.1 Å². The van der Waals surface area contributed by atoms with Gasteiger partial charge in [0.05, 0.1) is 19.8 Å². The maximum absolute atomic E-state index is 13.4. The fraction of sp³-hybridized carbons (Fsp3) is 0.448. The summed E-state index contributed by atoms with van der Waals surface area (Å²) in [6.45, 7) is 0.702. The van der Waals surface area contributed by atoms with Crippen LogP contribution in [0.1, 0.15) is 49.7 Å². The average Bonchev–Trinajstić information content (AvgIpc) is 3.45. The fourth-order valence-corrected chi connectivity index (χ4v) is 5.62. The van der Waals surface area contributed by atoms with Gasteiger partial charge in [-0.2, -0.15) is 13.2 Å². The van der Waals surface area contributed by atoms with E-state index in [1.54, 1.807) is 19.1 Å². The van der Waals surface area contributed by atoms with Gasteiger partial charge in [-0.05, 0) is 49.1 Å². The summed E-state index contributed by atoms with van der Waals surface area (Å²) in [5.41, 5.74) is 0.700. The maximum atomic E-state index is 13.4. The van der Waals surface area contributed by atoms with Gasteiger partial charge >= 0.3 is 6.18 Å². The number of halogens is 3. The number of aromatic nitrogens is 2. The molecule has 0 radical (unpaired) electrons. The first-order chi connectivity index (χ1) is 19.7. The van der Waals surface area contributed by atoms with E-state index in [9.17, 15) is 22.8 Å². The van der Waals surface area contributed by atoms with Crippen LogP contribution in [0, 0.1) is 5.92 Å². The minimum atomic E-state index is -4.42. The van der Waals surface area contributed by atoms with Crippen molar-refractivity contribution in [1.29, 1.82) is 0 Å². The molecular formula is C29H33F3N4O4S. The van der Waals surface area contributed by atoms with Gasteiger partial charge < -0.3 is 19.7 Å². The van der Waals surface area contributed by atoms with Crippen molar-refractivity contribution >= 4 is 28.3 Å². The Morgan fingerprint density at radius 3 is 2.34 bits per heavy atom. The topological polar surface area (TPSA) is 93.6 Å². The zero-order chi connectivity index (χ0) is 29.4. The van der Waals surface area contributed by atoms with E-state index >= 15 is 0 Å². The van der Waals surface area contributed by atoms with Gasteiger partial charge in [-0.3, -0.25) is 9.59 Å². The Balaban J connectivity index is 1.37. The lowest BCUT2D eigenvalue weighted by atomic mass is 9.88.